The van der Waals surface area contributed by atoms with Gasteiger partial charge in [0.1, 0.15) is 5.67 Å². The minimum absolute atomic E-state index is 0.392. The Kier molecular flexibility index (Phi) is 3.16. The van der Waals surface area contributed by atoms with Gasteiger partial charge in [0.2, 0.25) is 0 Å². The van der Waals surface area contributed by atoms with Gasteiger partial charge in [0.15, 0.2) is 0 Å². The molecular formula is C12H14FN3. The van der Waals surface area contributed by atoms with E-state index in [1.807, 2.05) is 4.90 Å². The highest BCUT2D eigenvalue weighted by molar-refractivity contribution is 5.19. The molecular weight excluding hydrogens is 205 g/mol. The minimum Gasteiger partial charge on any atom is -0.290 e. The topological polar surface area (TPSA) is 39.9 Å². The number of hydrogen-bond donors (Lipinski definition) is 0. The first-order chi connectivity index (χ1) is 7.74. The molecule has 0 spiro atoms. The maximum Gasteiger partial charge on any atom is 0.139 e. The molecule has 0 atom stereocenters. The number of halogens is 1. The van der Waals surface area contributed by atoms with Crippen LogP contribution in [0.1, 0.15) is 18.4 Å². The minimum atomic E-state index is -1.26. The number of nitriles is 1. The summed E-state index contributed by atoms with van der Waals surface area (Å²) in [5.74, 6) is 0. The fourth-order valence-corrected chi connectivity index (χ4v) is 2.08. The molecule has 1 aliphatic rings. The van der Waals surface area contributed by atoms with Crippen LogP contribution >= 0.6 is 0 Å². The van der Waals surface area contributed by atoms with Gasteiger partial charge < -0.3 is 0 Å². The number of aromatic nitrogens is 1. The second-order valence-electron chi connectivity index (χ2n) is 4.14. The van der Waals surface area contributed by atoms with E-state index in [1.54, 1.807) is 24.5 Å². The van der Waals surface area contributed by atoms with Crippen molar-refractivity contribution in [3.8, 4) is 6.07 Å². The zero-order valence-electron chi connectivity index (χ0n) is 9.06. The molecule has 1 aromatic heterocycles. The van der Waals surface area contributed by atoms with Gasteiger partial charge in [-0.15, -0.1) is 0 Å². The summed E-state index contributed by atoms with van der Waals surface area (Å²) in [6.45, 7) is 1.67. The summed E-state index contributed by atoms with van der Waals surface area (Å²) in [4.78, 5) is 5.93. The van der Waals surface area contributed by atoms with E-state index in [9.17, 15) is 4.39 Å². The summed E-state index contributed by atoms with van der Waals surface area (Å²) >= 11 is 0. The molecule has 3 nitrogen and oxygen atoms in total. The lowest BCUT2D eigenvalue weighted by molar-refractivity contribution is 0.0615. The lowest BCUT2D eigenvalue weighted by Gasteiger charge is -2.35. The van der Waals surface area contributed by atoms with Crippen LogP contribution in [0.15, 0.2) is 24.5 Å². The van der Waals surface area contributed by atoms with Crippen molar-refractivity contribution in [3.05, 3.63) is 30.1 Å². The SMILES string of the molecule is N#CCN1CCC(F)(c2cccnc2)CC1. The van der Waals surface area contributed by atoms with Crippen LogP contribution < -0.4 is 0 Å². The summed E-state index contributed by atoms with van der Waals surface area (Å²) in [5.41, 5.74) is -0.605. The van der Waals surface area contributed by atoms with E-state index in [0.29, 0.717) is 38.0 Å². The van der Waals surface area contributed by atoms with E-state index in [-0.39, 0.29) is 0 Å². The van der Waals surface area contributed by atoms with Crippen LogP contribution in [0.25, 0.3) is 0 Å². The molecule has 0 aliphatic carbocycles. The van der Waals surface area contributed by atoms with Gasteiger partial charge in [-0.2, -0.15) is 5.26 Å². The van der Waals surface area contributed by atoms with Crippen molar-refractivity contribution < 1.29 is 4.39 Å². The van der Waals surface area contributed by atoms with E-state index in [2.05, 4.69) is 11.1 Å². The molecule has 2 heterocycles. The number of alkyl halides is 1. The van der Waals surface area contributed by atoms with Gasteiger partial charge in [-0.05, 0) is 18.9 Å². The summed E-state index contributed by atoms with van der Waals surface area (Å²) in [6.07, 6.45) is 4.14. The molecule has 1 saturated heterocycles. The monoisotopic (exact) mass is 219 g/mol. The summed E-state index contributed by atoms with van der Waals surface area (Å²) in [5, 5.41) is 8.57. The number of hydrogen-bond acceptors (Lipinski definition) is 3. The fraction of sp³-hybridized carbons (Fsp3) is 0.500. The molecule has 4 heteroatoms. The molecule has 0 amide bonds. The normalized spacial score (nSPS) is 20.2. The van der Waals surface area contributed by atoms with Gasteiger partial charge in [-0.25, -0.2) is 4.39 Å². The van der Waals surface area contributed by atoms with Gasteiger partial charge in [0.05, 0.1) is 12.6 Å². The highest BCUT2D eigenvalue weighted by Crippen LogP contribution is 2.36. The quantitative estimate of drug-likeness (QED) is 0.713. The van der Waals surface area contributed by atoms with Gasteiger partial charge in [0, 0.05) is 31.0 Å². The Morgan fingerprint density at radius 2 is 2.25 bits per heavy atom. The molecule has 16 heavy (non-hydrogen) atoms. The number of nitrogens with zero attached hydrogens (tertiary/aromatic N) is 3. The highest BCUT2D eigenvalue weighted by atomic mass is 19.1. The van der Waals surface area contributed by atoms with Gasteiger partial charge >= 0.3 is 0 Å². The maximum absolute atomic E-state index is 14.6. The molecule has 84 valence electrons. The average Bonchev–Trinajstić information content (AvgIpc) is 2.34. The molecule has 1 fully saturated rings. The lowest BCUT2D eigenvalue weighted by atomic mass is 9.87. The average molecular weight is 219 g/mol. The predicted octanol–water partition coefficient (Wildman–Crippen LogP) is 1.87. The van der Waals surface area contributed by atoms with Crippen LogP contribution in [0.4, 0.5) is 4.39 Å². The van der Waals surface area contributed by atoms with Crippen molar-refractivity contribution in [2.24, 2.45) is 0 Å². The molecule has 0 aromatic carbocycles. The van der Waals surface area contributed by atoms with Crippen molar-refractivity contribution >= 4 is 0 Å². The standard InChI is InChI=1S/C12H14FN3/c13-12(11-2-1-6-15-10-11)3-7-16(8-4-12)9-5-14/h1-2,6,10H,3-4,7-9H2. The number of rotatable bonds is 2. The van der Waals surface area contributed by atoms with Crippen molar-refractivity contribution in [3.63, 3.8) is 0 Å². The van der Waals surface area contributed by atoms with E-state index < -0.39 is 5.67 Å². The van der Waals surface area contributed by atoms with Crippen molar-refractivity contribution in [2.75, 3.05) is 19.6 Å². The third kappa shape index (κ3) is 2.20. The Morgan fingerprint density at radius 3 is 2.81 bits per heavy atom. The van der Waals surface area contributed by atoms with Crippen LogP contribution in [0.3, 0.4) is 0 Å². The van der Waals surface area contributed by atoms with E-state index in [4.69, 9.17) is 5.26 Å². The van der Waals surface area contributed by atoms with Crippen molar-refractivity contribution in [1.82, 2.24) is 9.88 Å². The summed E-state index contributed by atoms with van der Waals surface area (Å²) in [7, 11) is 0. The first-order valence-corrected chi connectivity index (χ1v) is 5.43. The van der Waals surface area contributed by atoms with Crippen LogP contribution in [0, 0.1) is 11.3 Å². The first-order valence-electron chi connectivity index (χ1n) is 5.43. The Labute approximate surface area is 94.5 Å². The molecule has 1 aromatic rings. The van der Waals surface area contributed by atoms with Crippen LogP contribution in [-0.2, 0) is 5.67 Å². The number of likely N-dealkylation sites (tertiary alicyclic amines) is 1. The summed E-state index contributed by atoms with van der Waals surface area (Å²) < 4.78 is 14.6. The van der Waals surface area contributed by atoms with Crippen LogP contribution in [-0.4, -0.2) is 29.5 Å². The van der Waals surface area contributed by atoms with E-state index in [1.165, 1.54) is 0 Å². The smallest absolute Gasteiger partial charge is 0.139 e. The molecule has 0 bridgehead atoms. The Hall–Kier alpha value is -1.47. The molecule has 0 saturated carbocycles. The molecule has 0 unspecified atom stereocenters. The highest BCUT2D eigenvalue weighted by Gasteiger charge is 2.36. The van der Waals surface area contributed by atoms with Crippen molar-refractivity contribution in [2.45, 2.75) is 18.5 Å². The largest absolute Gasteiger partial charge is 0.290 e. The van der Waals surface area contributed by atoms with Gasteiger partial charge in [-0.1, -0.05) is 6.07 Å². The number of pyridine rings is 1. The molecule has 1 aliphatic heterocycles. The van der Waals surface area contributed by atoms with Gasteiger partial charge in [-0.3, -0.25) is 9.88 Å². The number of piperidine rings is 1. The Balaban J connectivity index is 2.05. The zero-order valence-corrected chi connectivity index (χ0v) is 9.06. The second-order valence-corrected chi connectivity index (χ2v) is 4.14. The Morgan fingerprint density at radius 1 is 1.50 bits per heavy atom. The van der Waals surface area contributed by atoms with Gasteiger partial charge in [0.25, 0.3) is 0 Å². The Bertz CT molecular complexity index is 377. The third-order valence-corrected chi connectivity index (χ3v) is 3.12. The fourth-order valence-electron chi connectivity index (χ4n) is 2.08. The summed E-state index contributed by atoms with van der Waals surface area (Å²) in [6, 6.07) is 5.64. The predicted molar refractivity (Wildman–Crippen MR) is 58.3 cm³/mol. The van der Waals surface area contributed by atoms with E-state index in [0.717, 1.165) is 0 Å². The van der Waals surface area contributed by atoms with Crippen molar-refractivity contribution in [1.29, 1.82) is 5.26 Å². The molecule has 0 radical (unpaired) electrons. The maximum atomic E-state index is 14.6. The van der Waals surface area contributed by atoms with Crippen LogP contribution in [0.2, 0.25) is 0 Å². The molecule has 0 N–H and O–H groups in total. The lowest BCUT2D eigenvalue weighted by Crippen LogP contribution is -2.40. The van der Waals surface area contributed by atoms with Crippen LogP contribution in [0.5, 0.6) is 0 Å². The second kappa shape index (κ2) is 4.58. The zero-order chi connectivity index (χ0) is 11.4. The molecule has 2 rings (SSSR count). The third-order valence-electron chi connectivity index (χ3n) is 3.12. The first kappa shape index (κ1) is 11.0. The van der Waals surface area contributed by atoms with E-state index >= 15 is 0 Å².